The van der Waals surface area contributed by atoms with E-state index in [2.05, 4.69) is 0 Å². The standard InChI is InChI=1S/FO.3O.H2S.Sb/c1-2;;;;;/h;;;;1H2;/q-1;;2*-1;;+1/p+1. The van der Waals surface area contributed by atoms with E-state index in [-0.39, 0.29) is 13.5 Å². The number of hydrogen-bond donors (Lipinski definition) is 0. The topological polar surface area (TPSA) is 72.4 Å². The Morgan fingerprint density at radius 1 is 1.57 bits per heavy atom. The Morgan fingerprint density at radius 3 is 1.71 bits per heavy atom. The first kappa shape index (κ1) is 10.7. The second kappa shape index (κ2) is 3.74. The Morgan fingerprint density at radius 2 is 1.71 bits per heavy atom. The molecule has 0 aliphatic heterocycles. The molecule has 0 unspecified atom stereocenters. The summed E-state index contributed by atoms with van der Waals surface area (Å²) in [6.45, 7) is 0. The Bertz CT molecular complexity index is 75.8. The van der Waals surface area contributed by atoms with Crippen LogP contribution in [0.15, 0.2) is 0 Å². The Hall–Kier alpha value is 0.778. The monoisotopic (exact) mass is 239 g/mol. The van der Waals surface area contributed by atoms with Gasteiger partial charge in [0.2, 0.25) is 0 Å². The van der Waals surface area contributed by atoms with Crippen LogP contribution in [-0.2, 0) is 19.7 Å². The summed E-state index contributed by atoms with van der Waals surface area (Å²) in [4.78, 5) is 0. The maximum absolute atomic E-state index is 10.2. The van der Waals surface area contributed by atoms with E-state index in [1.165, 1.54) is 0 Å². The molecule has 0 aromatic heterocycles. The molecule has 0 aromatic carbocycles. The molecule has 0 atom stereocenters. The molecule has 7 heavy (non-hydrogen) atoms. The molecule has 0 amide bonds. The van der Waals surface area contributed by atoms with Gasteiger partial charge >= 0.3 is 37.6 Å². The molecule has 4 nitrogen and oxygen atoms in total. The second-order valence-electron chi connectivity index (χ2n) is 0.516. The van der Waals surface area contributed by atoms with Gasteiger partial charge in [-0.05, 0) is 0 Å². The van der Waals surface area contributed by atoms with E-state index in [9.17, 15) is 4.53 Å². The number of hydrogen-bond acceptors (Lipinski definition) is 4. The van der Waals surface area contributed by atoms with E-state index in [1.807, 2.05) is 3.22 Å². The molecule has 0 bridgehead atoms. The average molecular weight is 240 g/mol. The predicted octanol–water partition coefficient (Wildman–Crippen LogP) is -3.33. The summed E-state index contributed by atoms with van der Waals surface area (Å²) in [5, 5.41) is 0. The summed E-state index contributed by atoms with van der Waals surface area (Å²) in [7, 11) is 0. The molecule has 46 valence electrons. The van der Waals surface area contributed by atoms with E-state index < -0.39 is 20.1 Å². The van der Waals surface area contributed by atoms with Crippen molar-refractivity contribution in [2.24, 2.45) is 0 Å². The van der Waals surface area contributed by atoms with Crippen molar-refractivity contribution < 1.29 is 17.5 Å². The van der Waals surface area contributed by atoms with Gasteiger partial charge in [0.1, 0.15) is 0 Å². The molecule has 0 radical (unpaired) electrons. The van der Waals surface area contributed by atoms with E-state index in [4.69, 9.17) is 9.79 Å². The van der Waals surface area contributed by atoms with Crippen LogP contribution < -0.4 is 6.77 Å². The SMILES string of the molecule is [O]=[Sb]([O-])([O-])[O]F.[SH3+]. The van der Waals surface area contributed by atoms with Crippen LogP contribution in [0.4, 0.5) is 4.53 Å². The largest absolute Gasteiger partial charge is 0.0576 e. The fraction of sp³-hybridized carbons (Fsp3) is 0. The molecule has 0 N–H and O–H groups in total. The van der Waals surface area contributed by atoms with Crippen molar-refractivity contribution in [2.75, 3.05) is 0 Å². The van der Waals surface area contributed by atoms with E-state index >= 15 is 0 Å². The summed E-state index contributed by atoms with van der Waals surface area (Å²) in [6.07, 6.45) is 0. The molecule has 0 spiro atoms. The molecule has 0 saturated carbocycles. The van der Waals surface area contributed by atoms with Crippen LogP contribution in [-0.4, -0.2) is 20.1 Å². The van der Waals surface area contributed by atoms with E-state index in [1.54, 1.807) is 0 Å². The maximum Gasteiger partial charge on any atom is -0.0576 e. The van der Waals surface area contributed by atoms with Crippen LogP contribution in [0.25, 0.3) is 0 Å². The van der Waals surface area contributed by atoms with Crippen molar-refractivity contribution in [1.29, 1.82) is 0 Å². The summed E-state index contributed by atoms with van der Waals surface area (Å²) >= 11 is -6.06. The van der Waals surface area contributed by atoms with Crippen molar-refractivity contribution >= 4 is 33.6 Å². The average Bonchev–Trinajstić information content (AvgIpc) is 1.35. The zero-order valence-electron chi connectivity index (χ0n) is 3.04. The summed E-state index contributed by atoms with van der Waals surface area (Å²) < 4.78 is 39.0. The van der Waals surface area contributed by atoms with Gasteiger partial charge in [-0.2, -0.15) is 0 Å². The van der Waals surface area contributed by atoms with Crippen LogP contribution in [0, 0.1) is 0 Å². The van der Waals surface area contributed by atoms with Crippen LogP contribution in [0.5, 0.6) is 0 Å². The molecule has 0 heterocycles. The summed E-state index contributed by atoms with van der Waals surface area (Å²) in [5.41, 5.74) is 0. The van der Waals surface area contributed by atoms with Crippen LogP contribution in [0.3, 0.4) is 0 Å². The van der Waals surface area contributed by atoms with Crippen molar-refractivity contribution in [2.45, 2.75) is 0 Å². The number of rotatable bonds is 1. The fourth-order valence-corrected chi connectivity index (χ4v) is 0. The first-order chi connectivity index (χ1) is 2.56. The van der Waals surface area contributed by atoms with Crippen molar-refractivity contribution in [3.05, 3.63) is 0 Å². The van der Waals surface area contributed by atoms with Gasteiger partial charge in [0.15, 0.2) is 0 Å². The smallest absolute Gasteiger partial charge is 0.0576 e. The van der Waals surface area contributed by atoms with E-state index in [0.717, 1.165) is 0 Å². The van der Waals surface area contributed by atoms with Gasteiger partial charge in [0, 0.05) is 0 Å². The van der Waals surface area contributed by atoms with Gasteiger partial charge in [-0.1, -0.05) is 13.5 Å². The molecule has 0 aliphatic rings. The third-order valence-electron chi connectivity index (χ3n) is 0.0845. The minimum Gasteiger partial charge on any atom is -0.0576 e. The van der Waals surface area contributed by atoms with Crippen LogP contribution in [0.1, 0.15) is 0 Å². The van der Waals surface area contributed by atoms with Crippen molar-refractivity contribution in [1.82, 2.24) is 0 Å². The second-order valence-corrected chi connectivity index (χ2v) is 3.46. The Labute approximate surface area is 51.3 Å². The third-order valence-corrected chi connectivity index (χ3v) is 0.567. The summed E-state index contributed by atoms with van der Waals surface area (Å²) in [5.74, 6) is 0. The van der Waals surface area contributed by atoms with Gasteiger partial charge in [0.25, 0.3) is 0 Å². The predicted molar refractivity (Wildman–Crippen MR) is 20.2 cm³/mol. The fourth-order valence-electron chi connectivity index (χ4n) is 0. The molecular weight excluding hydrogens is 237 g/mol. The van der Waals surface area contributed by atoms with Gasteiger partial charge in [-0.15, -0.1) is 0 Å². The first-order valence-electron chi connectivity index (χ1n) is 0.885. The van der Waals surface area contributed by atoms with Crippen molar-refractivity contribution in [3.8, 4) is 0 Å². The van der Waals surface area contributed by atoms with Crippen molar-refractivity contribution in [3.63, 3.8) is 0 Å². The van der Waals surface area contributed by atoms with Crippen LogP contribution >= 0.6 is 0 Å². The van der Waals surface area contributed by atoms with E-state index in [0.29, 0.717) is 0 Å². The summed E-state index contributed by atoms with van der Waals surface area (Å²) in [6, 6.07) is 0. The molecular formula is H3FO4SSb-. The number of halogens is 1. The van der Waals surface area contributed by atoms with Crippen LogP contribution in [0.2, 0.25) is 0 Å². The van der Waals surface area contributed by atoms with Gasteiger partial charge in [-0.25, -0.2) is 0 Å². The molecule has 0 fully saturated rings. The minimum atomic E-state index is -6.06. The zero-order valence-corrected chi connectivity index (χ0v) is 6.74. The molecule has 0 aromatic rings. The van der Waals surface area contributed by atoms with Gasteiger partial charge in [0.05, 0.1) is 0 Å². The Kier molecular flexibility index (Phi) is 5.72. The maximum atomic E-state index is 10.2. The third kappa shape index (κ3) is 10.8. The zero-order chi connectivity index (χ0) is 5.21. The Balaban J connectivity index is 0. The van der Waals surface area contributed by atoms with Gasteiger partial charge in [-0.3, -0.25) is 0 Å². The van der Waals surface area contributed by atoms with Gasteiger partial charge < -0.3 is 0 Å². The molecule has 0 aliphatic carbocycles. The first-order valence-corrected chi connectivity index (χ1v) is 5.05. The quantitative estimate of drug-likeness (QED) is 0.355. The normalized spacial score (nSPS) is 10.1. The minimum absolute atomic E-state index is 0. The molecule has 0 rings (SSSR count). The molecule has 0 saturated heterocycles. The molecule has 7 heteroatoms.